The van der Waals surface area contributed by atoms with Crippen molar-refractivity contribution >= 4 is 50.9 Å². The van der Waals surface area contributed by atoms with Gasteiger partial charge >= 0.3 is 5.97 Å². The first-order valence-corrected chi connectivity index (χ1v) is 12.0. The normalized spacial score (nSPS) is 10.9. The van der Waals surface area contributed by atoms with Gasteiger partial charge in [-0.3, -0.25) is 9.59 Å². The van der Waals surface area contributed by atoms with E-state index in [-0.39, 0.29) is 27.7 Å². The van der Waals surface area contributed by atoms with Gasteiger partial charge in [0, 0.05) is 16.3 Å². The number of aromatic carboxylic acids is 1. The Balaban J connectivity index is 1.54. The van der Waals surface area contributed by atoms with Crippen molar-refractivity contribution in [2.24, 2.45) is 5.14 Å². The predicted molar refractivity (Wildman–Crippen MR) is 125 cm³/mol. The minimum Gasteiger partial charge on any atom is -0.478 e. The largest absolute Gasteiger partial charge is 0.478 e. The molecule has 2 amide bonds. The second-order valence-electron chi connectivity index (χ2n) is 6.74. The van der Waals surface area contributed by atoms with Crippen molar-refractivity contribution in [3.63, 3.8) is 0 Å². The molecular formula is C22H19N3O6S2. The first-order chi connectivity index (χ1) is 15.6. The number of anilines is 2. The molecule has 5 N–H and O–H groups in total. The Bertz CT molecular complexity index is 1290. The van der Waals surface area contributed by atoms with Crippen LogP contribution in [0.2, 0.25) is 0 Å². The number of nitrogens with one attached hydrogen (secondary N) is 2. The fourth-order valence-corrected chi connectivity index (χ4v) is 3.99. The number of thioether (sulfide) groups is 1. The van der Waals surface area contributed by atoms with Crippen LogP contribution in [0.1, 0.15) is 20.7 Å². The molecule has 3 aromatic carbocycles. The Morgan fingerprint density at radius 2 is 1.36 bits per heavy atom. The average Bonchev–Trinajstić information content (AvgIpc) is 2.78. The van der Waals surface area contributed by atoms with E-state index in [9.17, 15) is 27.9 Å². The molecule has 11 heteroatoms. The van der Waals surface area contributed by atoms with Gasteiger partial charge in [0.15, 0.2) is 0 Å². The molecule has 0 atom stereocenters. The highest BCUT2D eigenvalue weighted by atomic mass is 32.2. The van der Waals surface area contributed by atoms with E-state index in [1.807, 2.05) is 0 Å². The highest BCUT2D eigenvalue weighted by Crippen LogP contribution is 2.22. The van der Waals surface area contributed by atoms with Crippen LogP contribution >= 0.6 is 11.8 Å². The molecule has 0 aliphatic heterocycles. The molecule has 0 spiro atoms. The molecule has 0 heterocycles. The van der Waals surface area contributed by atoms with Crippen LogP contribution in [0.25, 0.3) is 0 Å². The van der Waals surface area contributed by atoms with Gasteiger partial charge in [0.2, 0.25) is 15.9 Å². The summed E-state index contributed by atoms with van der Waals surface area (Å²) in [7, 11) is -3.80. The quantitative estimate of drug-likeness (QED) is 0.357. The van der Waals surface area contributed by atoms with Crippen molar-refractivity contribution in [3.8, 4) is 0 Å². The molecule has 170 valence electrons. The third-order valence-electron chi connectivity index (χ3n) is 4.35. The van der Waals surface area contributed by atoms with Gasteiger partial charge in [-0.2, -0.15) is 0 Å². The predicted octanol–water partition coefficient (Wildman–Crippen LogP) is 3.02. The lowest BCUT2D eigenvalue weighted by Crippen LogP contribution is -2.16. The summed E-state index contributed by atoms with van der Waals surface area (Å²) in [5, 5.41) is 19.6. The van der Waals surface area contributed by atoms with Crippen LogP contribution in [0.3, 0.4) is 0 Å². The van der Waals surface area contributed by atoms with Crippen LogP contribution in [-0.2, 0) is 14.8 Å². The van der Waals surface area contributed by atoms with Gasteiger partial charge in [-0.1, -0.05) is 12.1 Å². The topological polar surface area (TPSA) is 156 Å². The molecule has 33 heavy (non-hydrogen) atoms. The Labute approximate surface area is 194 Å². The zero-order chi connectivity index (χ0) is 24.0. The number of rotatable bonds is 8. The number of hydrogen-bond donors (Lipinski definition) is 4. The highest BCUT2D eigenvalue weighted by Gasteiger charge is 2.16. The molecule has 0 saturated heterocycles. The Hall–Kier alpha value is -3.67. The Morgan fingerprint density at radius 1 is 0.818 bits per heavy atom. The molecule has 0 aliphatic carbocycles. The maximum Gasteiger partial charge on any atom is 0.336 e. The second-order valence-corrected chi connectivity index (χ2v) is 9.35. The lowest BCUT2D eigenvalue weighted by molar-refractivity contribution is -0.113. The summed E-state index contributed by atoms with van der Waals surface area (Å²) in [6.07, 6.45) is 0. The molecular weight excluding hydrogens is 466 g/mol. The molecule has 0 fully saturated rings. The van der Waals surface area contributed by atoms with Gasteiger partial charge in [0.1, 0.15) is 0 Å². The summed E-state index contributed by atoms with van der Waals surface area (Å²) in [6.45, 7) is 0. The third-order valence-corrected chi connectivity index (χ3v) is 6.29. The van der Waals surface area contributed by atoms with Crippen molar-refractivity contribution in [2.75, 3.05) is 16.4 Å². The number of hydrogen-bond acceptors (Lipinski definition) is 6. The second kappa shape index (κ2) is 10.3. The van der Waals surface area contributed by atoms with E-state index in [4.69, 9.17) is 5.14 Å². The first-order valence-electron chi connectivity index (χ1n) is 9.43. The van der Waals surface area contributed by atoms with Crippen LogP contribution in [0.15, 0.2) is 82.6 Å². The molecule has 3 rings (SSSR count). The maximum absolute atomic E-state index is 12.4. The zero-order valence-corrected chi connectivity index (χ0v) is 18.7. The number of carbonyl (C=O) groups is 3. The molecule has 0 aliphatic rings. The van der Waals surface area contributed by atoms with E-state index in [1.54, 1.807) is 36.4 Å². The number of carboxylic acids is 1. The average molecular weight is 486 g/mol. The summed E-state index contributed by atoms with van der Waals surface area (Å²) in [5.74, 6) is -1.91. The zero-order valence-electron chi connectivity index (χ0n) is 17.0. The minimum atomic E-state index is -3.80. The van der Waals surface area contributed by atoms with Gasteiger partial charge in [-0.15, -0.1) is 11.8 Å². The van der Waals surface area contributed by atoms with Crippen molar-refractivity contribution in [1.82, 2.24) is 0 Å². The molecule has 0 unspecified atom stereocenters. The van der Waals surface area contributed by atoms with Crippen LogP contribution in [-0.4, -0.2) is 37.1 Å². The fourth-order valence-electron chi connectivity index (χ4n) is 2.77. The molecule has 0 saturated carbocycles. The summed E-state index contributed by atoms with van der Waals surface area (Å²) < 4.78 is 22.5. The SMILES string of the molecule is NS(=O)(=O)c1ccc(NC(=O)CSc2ccc(NC(=O)c3ccccc3C(=O)O)cc2)cc1. The van der Waals surface area contributed by atoms with E-state index < -0.39 is 21.9 Å². The molecule has 0 bridgehead atoms. The van der Waals surface area contributed by atoms with Crippen LogP contribution in [0.5, 0.6) is 0 Å². The fraction of sp³-hybridized carbons (Fsp3) is 0.0455. The Morgan fingerprint density at radius 3 is 1.94 bits per heavy atom. The van der Waals surface area contributed by atoms with Crippen LogP contribution in [0.4, 0.5) is 11.4 Å². The first kappa shape index (κ1) is 24.0. The smallest absolute Gasteiger partial charge is 0.336 e. The third kappa shape index (κ3) is 6.65. The number of benzene rings is 3. The monoisotopic (exact) mass is 485 g/mol. The number of sulfonamides is 1. The minimum absolute atomic E-state index is 0.0477. The lowest BCUT2D eigenvalue weighted by Gasteiger charge is -2.09. The van der Waals surface area contributed by atoms with E-state index in [0.29, 0.717) is 11.4 Å². The van der Waals surface area contributed by atoms with Crippen molar-refractivity contribution in [3.05, 3.63) is 83.9 Å². The summed E-state index contributed by atoms with van der Waals surface area (Å²) >= 11 is 1.27. The maximum atomic E-state index is 12.4. The van der Waals surface area contributed by atoms with Gasteiger partial charge in [0.05, 0.1) is 21.8 Å². The summed E-state index contributed by atoms with van der Waals surface area (Å²) in [4.78, 5) is 36.6. The lowest BCUT2D eigenvalue weighted by atomic mass is 10.1. The number of primary sulfonamides is 1. The van der Waals surface area contributed by atoms with E-state index in [0.717, 1.165) is 4.90 Å². The number of amides is 2. The number of nitrogens with two attached hydrogens (primary N) is 1. The van der Waals surface area contributed by atoms with Gasteiger partial charge in [0.25, 0.3) is 5.91 Å². The van der Waals surface area contributed by atoms with E-state index in [2.05, 4.69) is 10.6 Å². The standard InChI is InChI=1S/C22H19N3O6S2/c23-33(30,31)17-11-7-14(8-12-17)24-20(26)13-32-16-9-5-15(6-10-16)25-21(27)18-3-1-2-4-19(18)22(28)29/h1-12H,13H2,(H,24,26)(H,25,27)(H,28,29)(H2,23,30,31). The van der Waals surface area contributed by atoms with Crippen LogP contribution < -0.4 is 15.8 Å². The van der Waals surface area contributed by atoms with Crippen molar-refractivity contribution in [1.29, 1.82) is 0 Å². The van der Waals surface area contributed by atoms with Crippen molar-refractivity contribution < 1.29 is 27.9 Å². The highest BCUT2D eigenvalue weighted by molar-refractivity contribution is 8.00. The molecule has 9 nitrogen and oxygen atoms in total. The number of carbonyl (C=O) groups excluding carboxylic acids is 2. The van der Waals surface area contributed by atoms with E-state index in [1.165, 1.54) is 48.2 Å². The molecule has 3 aromatic rings. The molecule has 0 aromatic heterocycles. The van der Waals surface area contributed by atoms with Gasteiger partial charge in [-0.25, -0.2) is 18.4 Å². The molecule has 0 radical (unpaired) electrons. The summed E-state index contributed by atoms with van der Waals surface area (Å²) in [6, 6.07) is 18.2. The van der Waals surface area contributed by atoms with E-state index >= 15 is 0 Å². The van der Waals surface area contributed by atoms with Gasteiger partial charge < -0.3 is 15.7 Å². The van der Waals surface area contributed by atoms with Crippen molar-refractivity contribution in [2.45, 2.75) is 9.79 Å². The summed E-state index contributed by atoms with van der Waals surface area (Å²) in [5.41, 5.74) is 0.876. The van der Waals surface area contributed by atoms with Gasteiger partial charge in [-0.05, 0) is 60.7 Å². The Kier molecular flexibility index (Phi) is 7.48. The number of carboxylic acid groups (broad SMARTS) is 1. The van der Waals surface area contributed by atoms with Crippen LogP contribution in [0, 0.1) is 0 Å².